The molecule has 0 aromatic rings. The van der Waals surface area contributed by atoms with E-state index in [2.05, 4.69) is 0 Å². The van der Waals surface area contributed by atoms with Gasteiger partial charge in [0.15, 0.2) is 0 Å². The Labute approximate surface area is 85.1 Å². The summed E-state index contributed by atoms with van der Waals surface area (Å²) in [5.74, 6) is -1.04. The normalized spacial score (nSPS) is 36.7. The lowest BCUT2D eigenvalue weighted by Gasteiger charge is -2.44. The molecule has 0 heterocycles. The van der Waals surface area contributed by atoms with Crippen LogP contribution in [0.3, 0.4) is 0 Å². The maximum atomic E-state index is 11.0. The quantitative estimate of drug-likeness (QED) is 0.717. The molecule has 1 unspecified atom stereocenters. The number of rotatable bonds is 2. The predicted molar refractivity (Wildman–Crippen MR) is 54.0 cm³/mol. The fourth-order valence-electron chi connectivity index (χ4n) is 2.62. The second-order valence-electron chi connectivity index (χ2n) is 5.17. The molecule has 0 aliphatic heterocycles. The number of hydrogen-bond acceptors (Lipinski definition) is 2. The van der Waals surface area contributed by atoms with Crippen LogP contribution in [-0.2, 0) is 4.79 Å². The summed E-state index contributed by atoms with van der Waals surface area (Å²) in [7, 11) is 0. The number of carboxylic acids is 1. The van der Waals surface area contributed by atoms with Crippen LogP contribution >= 0.6 is 0 Å². The SMILES string of the molecule is CCC1(O)CC[C@H](C(=O)O)C(C)(C)C1. The van der Waals surface area contributed by atoms with Crippen molar-refractivity contribution in [1.29, 1.82) is 0 Å². The topological polar surface area (TPSA) is 57.5 Å². The van der Waals surface area contributed by atoms with E-state index in [-0.39, 0.29) is 11.3 Å². The van der Waals surface area contributed by atoms with Crippen LogP contribution in [0.15, 0.2) is 0 Å². The third kappa shape index (κ3) is 2.08. The van der Waals surface area contributed by atoms with E-state index in [1.54, 1.807) is 0 Å². The van der Waals surface area contributed by atoms with Gasteiger partial charge in [-0.25, -0.2) is 0 Å². The monoisotopic (exact) mass is 200 g/mol. The summed E-state index contributed by atoms with van der Waals surface area (Å²) in [4.78, 5) is 11.0. The average Bonchev–Trinajstić information content (AvgIpc) is 2.01. The molecule has 0 radical (unpaired) electrons. The summed E-state index contributed by atoms with van der Waals surface area (Å²) in [6, 6.07) is 0. The minimum atomic E-state index is -0.729. The van der Waals surface area contributed by atoms with Crippen molar-refractivity contribution in [1.82, 2.24) is 0 Å². The Morgan fingerprint density at radius 3 is 2.43 bits per heavy atom. The van der Waals surface area contributed by atoms with E-state index in [1.165, 1.54) is 0 Å². The fourth-order valence-corrected chi connectivity index (χ4v) is 2.62. The summed E-state index contributed by atoms with van der Waals surface area (Å²) in [5.41, 5.74) is -0.940. The van der Waals surface area contributed by atoms with Gasteiger partial charge in [0.25, 0.3) is 0 Å². The van der Waals surface area contributed by atoms with E-state index >= 15 is 0 Å². The van der Waals surface area contributed by atoms with Crippen molar-refractivity contribution in [3.05, 3.63) is 0 Å². The van der Waals surface area contributed by atoms with Crippen molar-refractivity contribution < 1.29 is 15.0 Å². The Morgan fingerprint density at radius 2 is 2.07 bits per heavy atom. The van der Waals surface area contributed by atoms with Gasteiger partial charge in [-0.3, -0.25) is 4.79 Å². The molecule has 1 saturated carbocycles. The summed E-state index contributed by atoms with van der Waals surface area (Å²) in [5, 5.41) is 19.2. The highest BCUT2D eigenvalue weighted by Gasteiger charge is 2.46. The molecule has 1 aliphatic carbocycles. The molecule has 0 bridgehead atoms. The predicted octanol–water partition coefficient (Wildman–Crippen LogP) is 2.04. The third-order valence-electron chi connectivity index (χ3n) is 3.58. The van der Waals surface area contributed by atoms with Gasteiger partial charge in [-0.15, -0.1) is 0 Å². The van der Waals surface area contributed by atoms with E-state index in [4.69, 9.17) is 5.11 Å². The molecule has 0 aromatic heterocycles. The van der Waals surface area contributed by atoms with Crippen LogP contribution in [0.2, 0.25) is 0 Å². The lowest BCUT2D eigenvalue weighted by atomic mass is 9.63. The van der Waals surface area contributed by atoms with E-state index in [0.717, 1.165) is 0 Å². The van der Waals surface area contributed by atoms with Crippen molar-refractivity contribution in [3.8, 4) is 0 Å². The van der Waals surface area contributed by atoms with E-state index in [9.17, 15) is 9.90 Å². The van der Waals surface area contributed by atoms with Crippen molar-refractivity contribution in [2.75, 3.05) is 0 Å². The molecular formula is C11H20O3. The number of carboxylic acid groups (broad SMARTS) is 1. The van der Waals surface area contributed by atoms with E-state index in [0.29, 0.717) is 25.7 Å². The largest absolute Gasteiger partial charge is 0.481 e. The van der Waals surface area contributed by atoms with Gasteiger partial charge in [-0.1, -0.05) is 20.8 Å². The maximum Gasteiger partial charge on any atom is 0.307 e. The smallest absolute Gasteiger partial charge is 0.307 e. The van der Waals surface area contributed by atoms with Crippen LogP contribution in [-0.4, -0.2) is 21.8 Å². The Kier molecular flexibility index (Phi) is 2.91. The fraction of sp³-hybridized carbons (Fsp3) is 0.909. The zero-order valence-corrected chi connectivity index (χ0v) is 9.21. The molecule has 1 aliphatic rings. The molecule has 0 saturated heterocycles. The van der Waals surface area contributed by atoms with E-state index < -0.39 is 11.6 Å². The highest BCUT2D eigenvalue weighted by molar-refractivity contribution is 5.71. The number of carbonyl (C=O) groups is 1. The molecule has 1 rings (SSSR count). The van der Waals surface area contributed by atoms with Gasteiger partial charge in [0.1, 0.15) is 0 Å². The van der Waals surface area contributed by atoms with Gasteiger partial charge < -0.3 is 10.2 Å². The lowest BCUT2D eigenvalue weighted by molar-refractivity contribution is -0.153. The molecule has 3 nitrogen and oxygen atoms in total. The molecule has 3 heteroatoms. The lowest BCUT2D eigenvalue weighted by Crippen LogP contribution is -2.45. The van der Waals surface area contributed by atoms with Crippen LogP contribution in [0.25, 0.3) is 0 Å². The molecule has 82 valence electrons. The molecule has 14 heavy (non-hydrogen) atoms. The van der Waals surface area contributed by atoms with Gasteiger partial charge in [0.05, 0.1) is 11.5 Å². The molecule has 0 spiro atoms. The summed E-state index contributed by atoms with van der Waals surface area (Å²) < 4.78 is 0. The van der Waals surface area contributed by atoms with Gasteiger partial charge >= 0.3 is 5.97 Å². The molecular weight excluding hydrogens is 180 g/mol. The van der Waals surface area contributed by atoms with E-state index in [1.807, 2.05) is 20.8 Å². The summed E-state index contributed by atoms with van der Waals surface area (Å²) in [6.07, 6.45) is 2.51. The van der Waals surface area contributed by atoms with Crippen molar-refractivity contribution in [2.45, 2.75) is 52.1 Å². The molecule has 2 atom stereocenters. The summed E-state index contributed by atoms with van der Waals surface area (Å²) >= 11 is 0. The Hall–Kier alpha value is -0.570. The maximum absolute atomic E-state index is 11.0. The van der Waals surface area contributed by atoms with Crippen molar-refractivity contribution in [2.24, 2.45) is 11.3 Å². The highest BCUT2D eigenvalue weighted by atomic mass is 16.4. The Morgan fingerprint density at radius 1 is 1.50 bits per heavy atom. The first-order valence-electron chi connectivity index (χ1n) is 5.26. The molecule has 0 amide bonds. The van der Waals surface area contributed by atoms with Gasteiger partial charge in [-0.05, 0) is 31.1 Å². The third-order valence-corrected chi connectivity index (χ3v) is 3.58. The number of aliphatic carboxylic acids is 1. The molecule has 0 aromatic carbocycles. The first-order chi connectivity index (χ1) is 6.31. The molecule has 2 N–H and O–H groups in total. The van der Waals surface area contributed by atoms with Gasteiger partial charge in [0, 0.05) is 0 Å². The first-order valence-corrected chi connectivity index (χ1v) is 5.26. The second kappa shape index (κ2) is 3.54. The number of aliphatic hydroxyl groups is 1. The highest BCUT2D eigenvalue weighted by Crippen LogP contribution is 2.46. The zero-order valence-electron chi connectivity index (χ0n) is 9.21. The Balaban J connectivity index is 2.80. The van der Waals surface area contributed by atoms with Crippen LogP contribution in [0, 0.1) is 11.3 Å². The molecule has 1 fully saturated rings. The van der Waals surface area contributed by atoms with Crippen molar-refractivity contribution >= 4 is 5.97 Å². The van der Waals surface area contributed by atoms with Crippen molar-refractivity contribution in [3.63, 3.8) is 0 Å². The van der Waals surface area contributed by atoms with Crippen LogP contribution < -0.4 is 0 Å². The van der Waals surface area contributed by atoms with Crippen LogP contribution in [0.1, 0.15) is 46.5 Å². The zero-order chi connectivity index (χ0) is 11.0. The standard InChI is InChI=1S/C11H20O3/c1-4-11(14)6-5-8(9(12)13)10(2,3)7-11/h8,14H,4-7H2,1-3H3,(H,12,13)/t8-,11?/m1/s1. The summed E-state index contributed by atoms with van der Waals surface area (Å²) in [6.45, 7) is 5.83. The first kappa shape index (κ1) is 11.5. The second-order valence-corrected chi connectivity index (χ2v) is 5.17. The minimum Gasteiger partial charge on any atom is -0.481 e. The van der Waals surface area contributed by atoms with Crippen LogP contribution in [0.5, 0.6) is 0 Å². The van der Waals surface area contributed by atoms with Gasteiger partial charge in [0.2, 0.25) is 0 Å². The number of hydrogen-bond donors (Lipinski definition) is 2. The van der Waals surface area contributed by atoms with Gasteiger partial charge in [-0.2, -0.15) is 0 Å². The Bertz CT molecular complexity index is 235. The minimum absolute atomic E-state index is 0.297. The van der Waals surface area contributed by atoms with Crippen LogP contribution in [0.4, 0.5) is 0 Å². The average molecular weight is 200 g/mol.